The zero-order valence-corrected chi connectivity index (χ0v) is 11.8. The molecule has 0 aliphatic carbocycles. The average molecular weight is 300 g/mol. The van der Waals surface area contributed by atoms with Crippen molar-refractivity contribution in [3.8, 4) is 0 Å². The van der Waals surface area contributed by atoms with Gasteiger partial charge in [0.25, 0.3) is 0 Å². The highest BCUT2D eigenvalue weighted by Gasteiger charge is 2.21. The minimum Gasteiger partial charge on any atom is -0.368 e. The Bertz CT molecular complexity index is 387. The van der Waals surface area contributed by atoms with Crippen molar-refractivity contribution in [2.75, 3.05) is 36.8 Å². The van der Waals surface area contributed by atoms with Crippen LogP contribution >= 0.6 is 15.9 Å². The standard InChI is InChI=1S/C11H18BrN5/c1-8(2)16-3-5-17(6-4-16)10-9(12)7-14-11(13)15-10/h7-8H,3-6H2,1-2H3,(H2,13,14,15). The normalized spacial score (nSPS) is 17.8. The van der Waals surface area contributed by atoms with Crippen molar-refractivity contribution in [2.24, 2.45) is 0 Å². The highest BCUT2D eigenvalue weighted by molar-refractivity contribution is 9.10. The van der Waals surface area contributed by atoms with Crippen LogP contribution in [0.5, 0.6) is 0 Å². The number of hydrogen-bond acceptors (Lipinski definition) is 5. The van der Waals surface area contributed by atoms with Gasteiger partial charge in [-0.15, -0.1) is 0 Å². The van der Waals surface area contributed by atoms with E-state index in [1.165, 1.54) is 0 Å². The van der Waals surface area contributed by atoms with Gasteiger partial charge in [-0.05, 0) is 29.8 Å². The van der Waals surface area contributed by atoms with Crippen LogP contribution < -0.4 is 10.6 Å². The summed E-state index contributed by atoms with van der Waals surface area (Å²) < 4.78 is 0.907. The molecular formula is C11H18BrN5. The van der Waals surface area contributed by atoms with Gasteiger partial charge in [-0.3, -0.25) is 4.90 Å². The first-order valence-corrected chi connectivity index (χ1v) is 6.64. The molecule has 0 atom stereocenters. The highest BCUT2D eigenvalue weighted by atomic mass is 79.9. The van der Waals surface area contributed by atoms with E-state index in [0.717, 1.165) is 36.5 Å². The molecule has 1 saturated heterocycles. The van der Waals surface area contributed by atoms with E-state index in [1.807, 2.05) is 0 Å². The minimum atomic E-state index is 0.328. The molecule has 2 N–H and O–H groups in total. The maximum atomic E-state index is 5.63. The Morgan fingerprint density at radius 3 is 2.53 bits per heavy atom. The van der Waals surface area contributed by atoms with Crippen LogP contribution in [0.4, 0.5) is 11.8 Å². The van der Waals surface area contributed by atoms with Gasteiger partial charge in [-0.2, -0.15) is 4.98 Å². The molecule has 0 spiro atoms. The summed E-state index contributed by atoms with van der Waals surface area (Å²) in [6, 6.07) is 0.607. The topological polar surface area (TPSA) is 58.3 Å². The maximum Gasteiger partial charge on any atom is 0.222 e. The van der Waals surface area contributed by atoms with Gasteiger partial charge in [0.2, 0.25) is 5.95 Å². The maximum absolute atomic E-state index is 5.63. The molecule has 2 heterocycles. The van der Waals surface area contributed by atoms with E-state index in [1.54, 1.807) is 6.20 Å². The molecule has 1 aliphatic rings. The van der Waals surface area contributed by atoms with Crippen molar-refractivity contribution >= 4 is 27.7 Å². The number of aromatic nitrogens is 2. The minimum absolute atomic E-state index is 0.328. The highest BCUT2D eigenvalue weighted by Crippen LogP contribution is 2.24. The lowest BCUT2D eigenvalue weighted by Crippen LogP contribution is -2.49. The fourth-order valence-corrected chi connectivity index (χ4v) is 2.49. The summed E-state index contributed by atoms with van der Waals surface area (Å²) in [7, 11) is 0. The van der Waals surface area contributed by atoms with Crippen molar-refractivity contribution in [3.63, 3.8) is 0 Å². The Morgan fingerprint density at radius 1 is 1.29 bits per heavy atom. The molecule has 0 saturated carbocycles. The third kappa shape index (κ3) is 2.87. The molecule has 6 heteroatoms. The molecule has 0 amide bonds. The molecule has 1 aromatic rings. The number of nitrogens with two attached hydrogens (primary N) is 1. The molecule has 2 rings (SSSR count). The molecule has 0 bridgehead atoms. The van der Waals surface area contributed by atoms with E-state index in [2.05, 4.69) is 49.5 Å². The Labute approximate surface area is 110 Å². The summed E-state index contributed by atoms with van der Waals surface area (Å²) in [6.45, 7) is 8.55. The first-order chi connectivity index (χ1) is 8.08. The third-order valence-electron chi connectivity index (χ3n) is 3.09. The van der Waals surface area contributed by atoms with Gasteiger partial charge in [-0.1, -0.05) is 0 Å². The van der Waals surface area contributed by atoms with Crippen LogP contribution in [-0.4, -0.2) is 47.1 Å². The summed E-state index contributed by atoms with van der Waals surface area (Å²) in [5.41, 5.74) is 5.63. The second-order valence-corrected chi connectivity index (χ2v) is 5.37. The van der Waals surface area contributed by atoms with Gasteiger partial charge in [0.1, 0.15) is 5.82 Å². The van der Waals surface area contributed by atoms with E-state index >= 15 is 0 Å². The van der Waals surface area contributed by atoms with Crippen LogP contribution in [0.25, 0.3) is 0 Å². The number of anilines is 2. The predicted molar refractivity (Wildman–Crippen MR) is 73.1 cm³/mol. The molecular weight excluding hydrogens is 282 g/mol. The van der Waals surface area contributed by atoms with Gasteiger partial charge in [-0.25, -0.2) is 4.98 Å². The number of nitrogen functional groups attached to an aromatic ring is 1. The van der Waals surface area contributed by atoms with Crippen molar-refractivity contribution in [3.05, 3.63) is 10.7 Å². The molecule has 5 nitrogen and oxygen atoms in total. The predicted octanol–water partition coefficient (Wildman–Crippen LogP) is 1.35. The molecule has 17 heavy (non-hydrogen) atoms. The van der Waals surface area contributed by atoms with Crippen molar-refractivity contribution in [1.29, 1.82) is 0 Å². The Kier molecular flexibility index (Phi) is 3.83. The fourth-order valence-electron chi connectivity index (χ4n) is 2.04. The molecule has 0 unspecified atom stereocenters. The number of piperazine rings is 1. The second-order valence-electron chi connectivity index (χ2n) is 4.52. The third-order valence-corrected chi connectivity index (χ3v) is 3.65. The smallest absolute Gasteiger partial charge is 0.222 e. The van der Waals surface area contributed by atoms with E-state index < -0.39 is 0 Å². The van der Waals surface area contributed by atoms with Crippen molar-refractivity contribution in [2.45, 2.75) is 19.9 Å². The van der Waals surface area contributed by atoms with Gasteiger partial charge < -0.3 is 10.6 Å². The van der Waals surface area contributed by atoms with Crippen LogP contribution in [0.2, 0.25) is 0 Å². The second kappa shape index (κ2) is 5.18. The molecule has 1 aliphatic heterocycles. The zero-order valence-electron chi connectivity index (χ0n) is 10.2. The quantitative estimate of drug-likeness (QED) is 0.893. The Morgan fingerprint density at radius 2 is 1.94 bits per heavy atom. The lowest BCUT2D eigenvalue weighted by molar-refractivity contribution is 0.209. The summed E-state index contributed by atoms with van der Waals surface area (Å²) in [5, 5.41) is 0. The van der Waals surface area contributed by atoms with E-state index in [0.29, 0.717) is 12.0 Å². The van der Waals surface area contributed by atoms with Crippen LogP contribution in [0.15, 0.2) is 10.7 Å². The first kappa shape index (κ1) is 12.6. The summed E-state index contributed by atoms with van der Waals surface area (Å²) in [6.07, 6.45) is 1.71. The van der Waals surface area contributed by atoms with Crippen molar-refractivity contribution < 1.29 is 0 Å². The lowest BCUT2D eigenvalue weighted by atomic mass is 10.2. The van der Waals surface area contributed by atoms with E-state index in [-0.39, 0.29) is 0 Å². The van der Waals surface area contributed by atoms with E-state index in [4.69, 9.17) is 5.73 Å². The fraction of sp³-hybridized carbons (Fsp3) is 0.636. The number of nitrogens with zero attached hydrogens (tertiary/aromatic N) is 4. The summed E-state index contributed by atoms with van der Waals surface area (Å²) in [5.74, 6) is 1.23. The summed E-state index contributed by atoms with van der Waals surface area (Å²) >= 11 is 3.47. The average Bonchev–Trinajstić information content (AvgIpc) is 2.32. The van der Waals surface area contributed by atoms with Crippen LogP contribution in [0.3, 0.4) is 0 Å². The van der Waals surface area contributed by atoms with Gasteiger partial charge in [0.15, 0.2) is 0 Å². The summed E-state index contributed by atoms with van der Waals surface area (Å²) in [4.78, 5) is 13.0. The molecule has 1 aromatic heterocycles. The lowest BCUT2D eigenvalue weighted by Gasteiger charge is -2.37. The van der Waals surface area contributed by atoms with Crippen LogP contribution in [0, 0.1) is 0 Å². The Balaban J connectivity index is 2.07. The number of halogens is 1. The zero-order chi connectivity index (χ0) is 12.4. The molecule has 1 fully saturated rings. The van der Waals surface area contributed by atoms with Crippen LogP contribution in [0.1, 0.15) is 13.8 Å². The van der Waals surface area contributed by atoms with E-state index in [9.17, 15) is 0 Å². The van der Waals surface area contributed by atoms with Crippen LogP contribution in [-0.2, 0) is 0 Å². The van der Waals surface area contributed by atoms with Gasteiger partial charge >= 0.3 is 0 Å². The monoisotopic (exact) mass is 299 g/mol. The van der Waals surface area contributed by atoms with Gasteiger partial charge in [0, 0.05) is 38.4 Å². The molecule has 0 radical (unpaired) electrons. The number of rotatable bonds is 2. The van der Waals surface area contributed by atoms with Crippen molar-refractivity contribution in [1.82, 2.24) is 14.9 Å². The molecule has 0 aromatic carbocycles. The van der Waals surface area contributed by atoms with Gasteiger partial charge in [0.05, 0.1) is 4.47 Å². The molecule has 94 valence electrons. The Hall–Kier alpha value is -0.880. The first-order valence-electron chi connectivity index (χ1n) is 5.85. The SMILES string of the molecule is CC(C)N1CCN(c2nc(N)ncc2Br)CC1. The largest absolute Gasteiger partial charge is 0.368 e. The number of hydrogen-bond donors (Lipinski definition) is 1.